The second-order valence-electron chi connectivity index (χ2n) is 5.82. The van der Waals surface area contributed by atoms with E-state index < -0.39 is 0 Å². The van der Waals surface area contributed by atoms with Crippen molar-refractivity contribution >= 4 is 17.8 Å². The maximum Gasteiger partial charge on any atom is 0.243 e. The van der Waals surface area contributed by atoms with Crippen LogP contribution >= 0.6 is 0 Å². The van der Waals surface area contributed by atoms with Crippen LogP contribution in [-0.2, 0) is 11.2 Å². The highest BCUT2D eigenvalue weighted by molar-refractivity contribution is 5.91. The molecule has 0 atom stereocenters. The van der Waals surface area contributed by atoms with E-state index in [1.54, 1.807) is 23.2 Å². The lowest BCUT2D eigenvalue weighted by atomic mass is 10.2. The molecule has 3 rings (SSSR count). The molecule has 0 fully saturated rings. The summed E-state index contributed by atoms with van der Waals surface area (Å²) in [5.41, 5.74) is 8.83. The summed E-state index contributed by atoms with van der Waals surface area (Å²) in [6.45, 7) is 0.581. The van der Waals surface area contributed by atoms with Crippen LogP contribution in [0.3, 0.4) is 0 Å². The first-order valence-electron chi connectivity index (χ1n) is 8.48. The molecule has 132 valence electrons. The van der Waals surface area contributed by atoms with Crippen LogP contribution in [0.4, 0.5) is 5.82 Å². The molecule has 0 saturated carbocycles. The zero-order valence-corrected chi connectivity index (χ0v) is 14.4. The van der Waals surface area contributed by atoms with Gasteiger partial charge < -0.3 is 11.1 Å². The van der Waals surface area contributed by atoms with E-state index >= 15 is 0 Å². The van der Waals surface area contributed by atoms with Crippen molar-refractivity contribution in [1.29, 1.82) is 0 Å². The first-order chi connectivity index (χ1) is 12.7. The van der Waals surface area contributed by atoms with Crippen molar-refractivity contribution in [2.45, 2.75) is 12.8 Å². The highest BCUT2D eigenvalue weighted by atomic mass is 16.1. The van der Waals surface area contributed by atoms with Gasteiger partial charge in [-0.2, -0.15) is 5.10 Å². The van der Waals surface area contributed by atoms with E-state index in [0.717, 1.165) is 29.8 Å². The number of nitrogens with zero attached hydrogens (tertiary/aromatic N) is 3. The molecule has 0 unspecified atom stereocenters. The summed E-state index contributed by atoms with van der Waals surface area (Å²) in [5, 5.41) is 7.40. The lowest BCUT2D eigenvalue weighted by molar-refractivity contribution is -0.116. The van der Waals surface area contributed by atoms with Gasteiger partial charge >= 0.3 is 0 Å². The number of nitrogens with two attached hydrogens (primary N) is 1. The average Bonchev–Trinajstić information content (AvgIpc) is 3.06. The molecule has 2 heterocycles. The second-order valence-corrected chi connectivity index (χ2v) is 5.82. The summed E-state index contributed by atoms with van der Waals surface area (Å²) in [5.74, 6) is 0.492. The Balaban J connectivity index is 1.45. The highest BCUT2D eigenvalue weighted by Gasteiger charge is 2.06. The SMILES string of the molecule is Nc1cc(CCCNC(=O)/C=C\c2ccncc2)nn1-c1ccccc1. The first-order valence-corrected chi connectivity index (χ1v) is 8.48. The number of aromatic nitrogens is 3. The molecule has 2 aromatic heterocycles. The molecule has 0 aliphatic heterocycles. The minimum Gasteiger partial charge on any atom is -0.384 e. The first kappa shape index (κ1) is 17.4. The van der Waals surface area contributed by atoms with Crippen molar-refractivity contribution in [3.63, 3.8) is 0 Å². The number of amides is 1. The van der Waals surface area contributed by atoms with Gasteiger partial charge in [0, 0.05) is 31.1 Å². The third kappa shape index (κ3) is 4.80. The molecule has 1 amide bonds. The van der Waals surface area contributed by atoms with E-state index in [-0.39, 0.29) is 5.91 Å². The van der Waals surface area contributed by atoms with Gasteiger partial charge in [0.15, 0.2) is 0 Å². The number of anilines is 1. The number of hydrogen-bond acceptors (Lipinski definition) is 4. The number of carbonyl (C=O) groups excluding carboxylic acids is 1. The Morgan fingerprint density at radius 2 is 1.92 bits per heavy atom. The van der Waals surface area contributed by atoms with Gasteiger partial charge in [0.25, 0.3) is 0 Å². The van der Waals surface area contributed by atoms with Crippen LogP contribution in [-0.4, -0.2) is 27.2 Å². The molecule has 0 saturated heterocycles. The van der Waals surface area contributed by atoms with Gasteiger partial charge in [0.2, 0.25) is 5.91 Å². The predicted octanol–water partition coefficient (Wildman–Crippen LogP) is 2.61. The smallest absolute Gasteiger partial charge is 0.243 e. The van der Waals surface area contributed by atoms with Crippen LogP contribution in [0.25, 0.3) is 11.8 Å². The number of pyridine rings is 1. The summed E-state index contributed by atoms with van der Waals surface area (Å²) in [6.07, 6.45) is 8.21. The zero-order valence-electron chi connectivity index (χ0n) is 14.4. The van der Waals surface area contributed by atoms with E-state index in [2.05, 4.69) is 15.4 Å². The number of carbonyl (C=O) groups is 1. The van der Waals surface area contributed by atoms with Gasteiger partial charge in [0.1, 0.15) is 5.82 Å². The molecule has 0 aliphatic carbocycles. The van der Waals surface area contributed by atoms with Crippen LogP contribution in [0.15, 0.2) is 67.0 Å². The van der Waals surface area contributed by atoms with Crippen LogP contribution in [0.1, 0.15) is 17.7 Å². The van der Waals surface area contributed by atoms with Crippen molar-refractivity contribution in [3.8, 4) is 5.69 Å². The third-order valence-corrected chi connectivity index (χ3v) is 3.83. The van der Waals surface area contributed by atoms with Gasteiger partial charge in [-0.25, -0.2) is 4.68 Å². The minimum absolute atomic E-state index is 0.115. The summed E-state index contributed by atoms with van der Waals surface area (Å²) in [6, 6.07) is 15.3. The quantitative estimate of drug-likeness (QED) is 0.508. The Morgan fingerprint density at radius 3 is 2.69 bits per heavy atom. The Kier molecular flexibility index (Phi) is 5.77. The van der Waals surface area contributed by atoms with Crippen LogP contribution < -0.4 is 11.1 Å². The Labute approximate surface area is 152 Å². The van der Waals surface area contributed by atoms with Gasteiger partial charge in [-0.1, -0.05) is 18.2 Å². The largest absolute Gasteiger partial charge is 0.384 e. The number of para-hydroxylation sites is 1. The third-order valence-electron chi connectivity index (χ3n) is 3.83. The Bertz CT molecular complexity index is 872. The van der Waals surface area contributed by atoms with E-state index in [9.17, 15) is 4.79 Å². The van der Waals surface area contributed by atoms with E-state index in [1.807, 2.05) is 48.5 Å². The topological polar surface area (TPSA) is 85.8 Å². The summed E-state index contributed by atoms with van der Waals surface area (Å²) >= 11 is 0. The molecular weight excluding hydrogens is 326 g/mol. The molecular formula is C20H21N5O. The lowest BCUT2D eigenvalue weighted by Gasteiger charge is -2.03. The standard InChI is InChI=1S/C20H21N5O/c21-19-15-17(24-25(19)18-6-2-1-3-7-18)5-4-12-23-20(26)9-8-16-10-13-22-14-11-16/h1-3,6-11,13-15H,4-5,12,21H2,(H,23,26)/b9-8-. The normalized spacial score (nSPS) is 10.9. The van der Waals surface area contributed by atoms with Crippen molar-refractivity contribution in [2.24, 2.45) is 0 Å². The molecule has 0 bridgehead atoms. The van der Waals surface area contributed by atoms with E-state index in [4.69, 9.17) is 5.73 Å². The van der Waals surface area contributed by atoms with E-state index in [1.165, 1.54) is 6.08 Å². The van der Waals surface area contributed by atoms with Crippen molar-refractivity contribution in [1.82, 2.24) is 20.1 Å². The molecule has 26 heavy (non-hydrogen) atoms. The molecule has 6 heteroatoms. The van der Waals surface area contributed by atoms with E-state index in [0.29, 0.717) is 12.4 Å². The van der Waals surface area contributed by atoms with Crippen LogP contribution in [0.5, 0.6) is 0 Å². The van der Waals surface area contributed by atoms with Crippen molar-refractivity contribution in [3.05, 3.63) is 78.3 Å². The predicted molar refractivity (Wildman–Crippen MR) is 103 cm³/mol. The van der Waals surface area contributed by atoms with Gasteiger partial charge in [-0.3, -0.25) is 9.78 Å². The van der Waals surface area contributed by atoms with Crippen LogP contribution in [0, 0.1) is 0 Å². The number of nitrogen functional groups attached to an aromatic ring is 1. The Hall–Kier alpha value is -3.41. The maximum absolute atomic E-state index is 11.8. The summed E-state index contributed by atoms with van der Waals surface area (Å²) < 4.78 is 1.73. The molecule has 1 aromatic carbocycles. The van der Waals surface area contributed by atoms with Crippen molar-refractivity contribution < 1.29 is 4.79 Å². The molecule has 3 aromatic rings. The average molecular weight is 347 g/mol. The number of nitrogens with one attached hydrogen (secondary N) is 1. The molecule has 3 N–H and O–H groups in total. The van der Waals surface area contributed by atoms with Gasteiger partial charge in [-0.15, -0.1) is 0 Å². The van der Waals surface area contributed by atoms with Crippen molar-refractivity contribution in [2.75, 3.05) is 12.3 Å². The monoisotopic (exact) mass is 347 g/mol. The molecule has 0 aliphatic rings. The summed E-state index contributed by atoms with van der Waals surface area (Å²) in [7, 11) is 0. The number of rotatable bonds is 7. The fourth-order valence-electron chi connectivity index (χ4n) is 2.53. The summed E-state index contributed by atoms with van der Waals surface area (Å²) in [4.78, 5) is 15.8. The highest BCUT2D eigenvalue weighted by Crippen LogP contribution is 2.14. The molecule has 6 nitrogen and oxygen atoms in total. The fourth-order valence-corrected chi connectivity index (χ4v) is 2.53. The number of benzene rings is 1. The number of hydrogen-bond donors (Lipinski definition) is 2. The molecule has 0 radical (unpaired) electrons. The fraction of sp³-hybridized carbons (Fsp3) is 0.150. The van der Waals surface area contributed by atoms with Crippen LogP contribution in [0.2, 0.25) is 0 Å². The number of aryl methyl sites for hydroxylation is 1. The minimum atomic E-state index is -0.115. The van der Waals surface area contributed by atoms with Gasteiger partial charge in [-0.05, 0) is 48.7 Å². The second kappa shape index (κ2) is 8.62. The Morgan fingerprint density at radius 1 is 1.15 bits per heavy atom. The maximum atomic E-state index is 11.8. The molecule has 0 spiro atoms. The van der Waals surface area contributed by atoms with Gasteiger partial charge in [0.05, 0.1) is 11.4 Å². The lowest BCUT2D eigenvalue weighted by Crippen LogP contribution is -2.22. The zero-order chi connectivity index (χ0) is 18.2.